The van der Waals surface area contributed by atoms with Crippen LogP contribution in [0.2, 0.25) is 0 Å². The van der Waals surface area contributed by atoms with Crippen LogP contribution in [0.4, 0.5) is 5.69 Å². The summed E-state index contributed by atoms with van der Waals surface area (Å²) in [6.07, 6.45) is 0. The highest BCUT2D eigenvalue weighted by Crippen LogP contribution is 2.39. The second-order valence-electron chi connectivity index (χ2n) is 9.68. The average Bonchev–Trinajstić information content (AvgIpc) is 3.38. The Hall–Kier alpha value is -6.04. The van der Waals surface area contributed by atoms with Crippen LogP contribution in [-0.4, -0.2) is 14.5 Å². The highest BCUT2D eigenvalue weighted by Gasteiger charge is 2.19. The molecule has 0 radical (unpaired) electrons. The van der Waals surface area contributed by atoms with Crippen molar-refractivity contribution in [3.8, 4) is 45.7 Å². The molecule has 7 aromatic rings. The Balaban J connectivity index is 1.52. The molecule has 0 aliphatic carbocycles. The average molecular weight is 524 g/mol. The maximum atomic E-state index is 9.80. The van der Waals surface area contributed by atoms with Gasteiger partial charge in [0.25, 0.3) is 0 Å². The number of para-hydroxylation sites is 1. The smallest absolute Gasteiger partial charge is 0.235 e. The molecule has 0 saturated carbocycles. The summed E-state index contributed by atoms with van der Waals surface area (Å²) in [6, 6.07) is 44.1. The van der Waals surface area contributed by atoms with Crippen LogP contribution in [0.5, 0.6) is 0 Å². The van der Waals surface area contributed by atoms with Crippen LogP contribution in [-0.2, 0) is 0 Å². The third-order valence-electron chi connectivity index (χ3n) is 7.30. The molecular formula is C36H21N5. The SMILES string of the molecule is [C-]#[N+]c1cccc(C#N)c1-c1ccc2c(c1)c1ccccc1n2-c1nc(-c2ccccc2)cc(-c2ccccc2)n1. The molecule has 5 nitrogen and oxygen atoms in total. The van der Waals surface area contributed by atoms with E-state index in [0.29, 0.717) is 22.8 Å². The Morgan fingerprint density at radius 2 is 1.24 bits per heavy atom. The molecule has 0 fully saturated rings. The summed E-state index contributed by atoms with van der Waals surface area (Å²) in [5.74, 6) is 0.573. The monoisotopic (exact) mass is 523 g/mol. The van der Waals surface area contributed by atoms with E-state index in [4.69, 9.17) is 16.5 Å². The third-order valence-corrected chi connectivity index (χ3v) is 7.30. The van der Waals surface area contributed by atoms with Gasteiger partial charge in [0.2, 0.25) is 5.95 Å². The lowest BCUT2D eigenvalue weighted by atomic mass is 9.97. The quantitative estimate of drug-likeness (QED) is 0.216. The fraction of sp³-hybridized carbons (Fsp3) is 0. The van der Waals surface area contributed by atoms with Gasteiger partial charge in [-0.3, -0.25) is 4.57 Å². The van der Waals surface area contributed by atoms with Gasteiger partial charge in [-0.2, -0.15) is 5.26 Å². The van der Waals surface area contributed by atoms with Crippen molar-refractivity contribution in [2.75, 3.05) is 0 Å². The van der Waals surface area contributed by atoms with Crippen molar-refractivity contribution in [3.05, 3.63) is 144 Å². The van der Waals surface area contributed by atoms with E-state index in [1.807, 2.05) is 66.7 Å². The maximum absolute atomic E-state index is 9.80. The highest BCUT2D eigenvalue weighted by atomic mass is 15.2. The second-order valence-corrected chi connectivity index (χ2v) is 9.68. The fourth-order valence-electron chi connectivity index (χ4n) is 5.42. The Morgan fingerprint density at radius 1 is 0.610 bits per heavy atom. The predicted octanol–water partition coefficient (Wildman–Crippen LogP) is 9.00. The Morgan fingerprint density at radius 3 is 1.90 bits per heavy atom. The minimum Gasteiger partial charge on any atom is -0.278 e. The first-order valence-corrected chi connectivity index (χ1v) is 13.2. The van der Waals surface area contributed by atoms with Crippen LogP contribution >= 0.6 is 0 Å². The van der Waals surface area contributed by atoms with Crippen LogP contribution in [0.15, 0.2) is 127 Å². The summed E-state index contributed by atoms with van der Waals surface area (Å²) in [6.45, 7) is 7.69. The molecule has 190 valence electrons. The second kappa shape index (κ2) is 9.93. The molecule has 0 atom stereocenters. The Kier molecular flexibility index (Phi) is 5.82. The van der Waals surface area contributed by atoms with E-state index in [-0.39, 0.29) is 0 Å². The van der Waals surface area contributed by atoms with Gasteiger partial charge in [0.1, 0.15) is 0 Å². The summed E-state index contributed by atoms with van der Waals surface area (Å²) in [5.41, 5.74) is 8.02. The molecule has 0 unspecified atom stereocenters. The van der Waals surface area contributed by atoms with Gasteiger partial charge in [-0.05, 0) is 35.9 Å². The number of hydrogen-bond acceptors (Lipinski definition) is 3. The van der Waals surface area contributed by atoms with Gasteiger partial charge in [0.15, 0.2) is 5.69 Å². The standard InChI is InChI=1S/C36H21N5/c1-38-30-17-10-15-27(23-37)35(30)26-19-20-34-29(21-26)28-16-8-9-18-33(28)41(34)36-39-31(24-11-4-2-5-12-24)22-32(40-36)25-13-6-3-7-14-25/h2-22H. The predicted molar refractivity (Wildman–Crippen MR) is 164 cm³/mol. The lowest BCUT2D eigenvalue weighted by molar-refractivity contribution is 0.995. The number of nitrogens with zero attached hydrogens (tertiary/aromatic N) is 5. The van der Waals surface area contributed by atoms with Crippen LogP contribution < -0.4 is 0 Å². The number of hydrogen-bond donors (Lipinski definition) is 0. The van der Waals surface area contributed by atoms with E-state index in [1.165, 1.54) is 0 Å². The van der Waals surface area contributed by atoms with Crippen molar-refractivity contribution in [2.24, 2.45) is 0 Å². The molecule has 0 spiro atoms. The molecule has 2 aromatic heterocycles. The van der Waals surface area contributed by atoms with Crippen LogP contribution in [0.25, 0.3) is 66.2 Å². The summed E-state index contributed by atoms with van der Waals surface area (Å²) in [5, 5.41) is 11.8. The minimum absolute atomic E-state index is 0.457. The summed E-state index contributed by atoms with van der Waals surface area (Å²) >= 11 is 0. The largest absolute Gasteiger partial charge is 0.278 e. The summed E-state index contributed by atoms with van der Waals surface area (Å²) in [7, 11) is 0. The van der Waals surface area contributed by atoms with Gasteiger partial charge in [0.05, 0.1) is 35.1 Å². The van der Waals surface area contributed by atoms with Gasteiger partial charge in [-0.25, -0.2) is 14.8 Å². The van der Waals surface area contributed by atoms with E-state index in [9.17, 15) is 5.26 Å². The number of nitriles is 1. The first kappa shape index (κ1) is 24.0. The van der Waals surface area contributed by atoms with Crippen molar-refractivity contribution < 1.29 is 0 Å². The van der Waals surface area contributed by atoms with Gasteiger partial charge >= 0.3 is 0 Å². The number of aromatic nitrogens is 3. The van der Waals surface area contributed by atoms with Gasteiger partial charge in [-0.15, -0.1) is 0 Å². The molecule has 0 bridgehead atoms. The lowest BCUT2D eigenvalue weighted by Gasteiger charge is -2.12. The normalized spacial score (nSPS) is 10.9. The first-order valence-electron chi connectivity index (χ1n) is 13.2. The van der Waals surface area contributed by atoms with Crippen LogP contribution in [0, 0.1) is 17.9 Å². The van der Waals surface area contributed by atoms with Crippen molar-refractivity contribution in [1.29, 1.82) is 5.26 Å². The molecular weight excluding hydrogens is 502 g/mol. The number of benzene rings is 5. The Labute approximate surface area is 237 Å². The van der Waals surface area contributed by atoms with E-state index < -0.39 is 0 Å². The maximum Gasteiger partial charge on any atom is 0.235 e. The molecule has 0 aliphatic heterocycles. The van der Waals surface area contributed by atoms with Gasteiger partial charge in [0, 0.05) is 33.0 Å². The minimum atomic E-state index is 0.457. The zero-order chi connectivity index (χ0) is 27.8. The van der Waals surface area contributed by atoms with Gasteiger partial charge in [-0.1, -0.05) is 97.1 Å². The van der Waals surface area contributed by atoms with Gasteiger partial charge < -0.3 is 0 Å². The van der Waals surface area contributed by atoms with Crippen LogP contribution in [0.3, 0.4) is 0 Å². The molecule has 0 amide bonds. The molecule has 5 heteroatoms. The van der Waals surface area contributed by atoms with E-state index >= 15 is 0 Å². The zero-order valence-corrected chi connectivity index (χ0v) is 21.9. The summed E-state index contributed by atoms with van der Waals surface area (Å²) in [4.78, 5) is 13.9. The van der Waals surface area contributed by atoms with Crippen molar-refractivity contribution >= 4 is 27.5 Å². The van der Waals surface area contributed by atoms with Crippen molar-refractivity contribution in [3.63, 3.8) is 0 Å². The van der Waals surface area contributed by atoms with Crippen molar-refractivity contribution in [1.82, 2.24) is 14.5 Å². The first-order chi connectivity index (χ1) is 20.2. The molecule has 0 saturated heterocycles. The number of fused-ring (bicyclic) bond motifs is 3. The highest BCUT2D eigenvalue weighted by molar-refractivity contribution is 6.10. The number of rotatable bonds is 4. The lowest BCUT2D eigenvalue weighted by Crippen LogP contribution is -2.04. The molecule has 2 heterocycles. The summed E-state index contributed by atoms with van der Waals surface area (Å²) < 4.78 is 2.10. The molecule has 7 rings (SSSR count). The molecule has 0 N–H and O–H groups in total. The van der Waals surface area contributed by atoms with Crippen LogP contribution in [0.1, 0.15) is 5.56 Å². The van der Waals surface area contributed by atoms with E-state index in [1.54, 1.807) is 18.2 Å². The molecule has 5 aromatic carbocycles. The van der Waals surface area contributed by atoms with E-state index in [0.717, 1.165) is 49.9 Å². The van der Waals surface area contributed by atoms with E-state index in [2.05, 4.69) is 57.9 Å². The molecule has 41 heavy (non-hydrogen) atoms. The Bertz CT molecular complexity index is 2070. The zero-order valence-electron chi connectivity index (χ0n) is 21.9. The third kappa shape index (κ3) is 4.10. The fourth-order valence-corrected chi connectivity index (χ4v) is 5.42. The topological polar surface area (TPSA) is 58.9 Å². The van der Waals surface area contributed by atoms with Crippen molar-refractivity contribution in [2.45, 2.75) is 0 Å². The molecule has 0 aliphatic rings.